The van der Waals surface area contributed by atoms with Gasteiger partial charge < -0.3 is 15.2 Å². The van der Waals surface area contributed by atoms with E-state index in [0.29, 0.717) is 6.54 Å². The lowest BCUT2D eigenvalue weighted by Crippen LogP contribution is -2.35. The second-order valence-corrected chi connectivity index (χ2v) is 7.24. The van der Waals surface area contributed by atoms with Gasteiger partial charge in [-0.05, 0) is 18.1 Å². The number of aryl methyl sites for hydroxylation is 1. The molecule has 6 nitrogen and oxygen atoms in total. The number of hydrogen-bond acceptors (Lipinski definition) is 3. The fourth-order valence-electron chi connectivity index (χ4n) is 3.20. The van der Waals surface area contributed by atoms with Crippen molar-refractivity contribution in [2.24, 2.45) is 0 Å². The van der Waals surface area contributed by atoms with Gasteiger partial charge in [0.2, 0.25) is 5.43 Å². The van der Waals surface area contributed by atoms with Gasteiger partial charge in [0.15, 0.2) is 0 Å². The number of amides is 2. The molecule has 2 amide bonds. The van der Waals surface area contributed by atoms with Crippen LogP contribution >= 0.6 is 0 Å². The van der Waals surface area contributed by atoms with Crippen LogP contribution in [0.5, 0.6) is 0 Å². The summed E-state index contributed by atoms with van der Waals surface area (Å²) in [5.41, 5.74) is 2.23. The molecule has 0 radical (unpaired) electrons. The van der Waals surface area contributed by atoms with Crippen molar-refractivity contribution in [3.63, 3.8) is 0 Å². The van der Waals surface area contributed by atoms with Crippen LogP contribution in [0.15, 0.2) is 84.4 Å². The van der Waals surface area contributed by atoms with Gasteiger partial charge in [-0.2, -0.15) is 0 Å². The number of carbonyl (C=O) groups excluding carboxylic acids is 2. The van der Waals surface area contributed by atoms with Gasteiger partial charge >= 0.3 is 0 Å². The molecule has 3 aromatic rings. The maximum atomic E-state index is 12.9. The molecule has 0 saturated heterocycles. The molecule has 0 atom stereocenters. The first kappa shape index (κ1) is 21.8. The van der Waals surface area contributed by atoms with Crippen molar-refractivity contribution >= 4 is 11.8 Å². The third-order valence-corrected chi connectivity index (χ3v) is 4.72. The average Bonchev–Trinajstić information content (AvgIpc) is 2.77. The molecule has 0 unspecified atom stereocenters. The number of rotatable bonds is 8. The van der Waals surface area contributed by atoms with Crippen LogP contribution in [-0.2, 0) is 13.1 Å². The molecule has 2 aromatic carbocycles. The number of carbonyl (C=O) groups is 2. The van der Waals surface area contributed by atoms with Crippen molar-refractivity contribution in [1.29, 1.82) is 0 Å². The quantitative estimate of drug-likeness (QED) is 0.555. The molecule has 0 aliphatic rings. The minimum absolute atomic E-state index is 0.0742. The summed E-state index contributed by atoms with van der Waals surface area (Å²) >= 11 is 0. The first-order valence-electron chi connectivity index (χ1n) is 9.99. The minimum Gasteiger partial charge on any atom is -0.348 e. The van der Waals surface area contributed by atoms with Crippen LogP contribution in [0.1, 0.15) is 37.4 Å². The maximum Gasteiger partial charge on any atom is 0.257 e. The van der Waals surface area contributed by atoms with E-state index in [1.54, 1.807) is 4.57 Å². The van der Waals surface area contributed by atoms with Crippen molar-refractivity contribution < 1.29 is 9.59 Å². The van der Waals surface area contributed by atoms with Crippen molar-refractivity contribution in [1.82, 2.24) is 15.2 Å². The van der Waals surface area contributed by atoms with Crippen molar-refractivity contribution in [2.75, 3.05) is 6.54 Å². The standard InChI is InChI=1S/C25H25N3O3/c1-3-12-26-24(30)21-16-28(15-19-9-5-4-6-10-19)17-22(23(21)29)25(31)27-14-20-11-7-8-18(2)13-20/h3-11,13,16-17H,1,12,14-15H2,2H3,(H,26,30)(H,27,31). The molecule has 1 heterocycles. The molecular weight excluding hydrogens is 390 g/mol. The normalized spacial score (nSPS) is 10.4. The first-order valence-corrected chi connectivity index (χ1v) is 9.99. The topological polar surface area (TPSA) is 80.2 Å². The number of pyridine rings is 1. The Bertz CT molecular complexity index is 1150. The summed E-state index contributed by atoms with van der Waals surface area (Å²) in [5, 5.41) is 5.39. The van der Waals surface area contributed by atoms with E-state index in [1.807, 2.05) is 61.5 Å². The van der Waals surface area contributed by atoms with E-state index in [-0.39, 0.29) is 24.2 Å². The van der Waals surface area contributed by atoms with Crippen LogP contribution in [0.3, 0.4) is 0 Å². The van der Waals surface area contributed by atoms with Gasteiger partial charge in [0, 0.05) is 32.0 Å². The Morgan fingerprint density at radius 2 is 1.58 bits per heavy atom. The second-order valence-electron chi connectivity index (χ2n) is 7.24. The first-order chi connectivity index (χ1) is 15.0. The van der Waals surface area contributed by atoms with Crippen molar-refractivity contribution in [2.45, 2.75) is 20.0 Å². The highest BCUT2D eigenvalue weighted by Crippen LogP contribution is 2.07. The van der Waals surface area contributed by atoms with Gasteiger partial charge in [-0.25, -0.2) is 0 Å². The summed E-state index contributed by atoms with van der Waals surface area (Å²) in [4.78, 5) is 38.3. The summed E-state index contributed by atoms with van der Waals surface area (Å²) < 4.78 is 1.68. The molecular formula is C25H25N3O3. The Morgan fingerprint density at radius 3 is 2.23 bits per heavy atom. The van der Waals surface area contributed by atoms with E-state index in [9.17, 15) is 14.4 Å². The van der Waals surface area contributed by atoms with Gasteiger partial charge in [0.05, 0.1) is 0 Å². The molecule has 3 rings (SSSR count). The summed E-state index contributed by atoms with van der Waals surface area (Å²) in [6.07, 6.45) is 4.50. The second kappa shape index (κ2) is 10.2. The highest BCUT2D eigenvalue weighted by Gasteiger charge is 2.19. The molecule has 158 valence electrons. The largest absolute Gasteiger partial charge is 0.348 e. The lowest BCUT2D eigenvalue weighted by atomic mass is 10.1. The highest BCUT2D eigenvalue weighted by atomic mass is 16.2. The molecule has 0 bridgehead atoms. The van der Waals surface area contributed by atoms with Crippen LogP contribution in [0.25, 0.3) is 0 Å². The lowest BCUT2D eigenvalue weighted by molar-refractivity contribution is 0.0948. The smallest absolute Gasteiger partial charge is 0.257 e. The molecule has 0 aliphatic heterocycles. The zero-order chi connectivity index (χ0) is 22.2. The van der Waals surface area contributed by atoms with Gasteiger partial charge in [-0.1, -0.05) is 66.2 Å². The van der Waals surface area contributed by atoms with Crippen LogP contribution in [-0.4, -0.2) is 22.9 Å². The SMILES string of the molecule is C=CCNC(=O)c1cn(Cc2ccccc2)cc(C(=O)NCc2cccc(C)c2)c1=O. The molecule has 31 heavy (non-hydrogen) atoms. The van der Waals surface area contributed by atoms with Crippen LogP contribution in [0, 0.1) is 6.92 Å². The molecule has 1 aromatic heterocycles. The Balaban J connectivity index is 1.91. The molecule has 0 aliphatic carbocycles. The summed E-state index contributed by atoms with van der Waals surface area (Å²) in [6.45, 7) is 6.46. The predicted molar refractivity (Wildman–Crippen MR) is 121 cm³/mol. The Morgan fingerprint density at radius 1 is 0.935 bits per heavy atom. The third kappa shape index (κ3) is 5.79. The van der Waals surface area contributed by atoms with Crippen LogP contribution in [0.4, 0.5) is 0 Å². The Kier molecular flexibility index (Phi) is 7.17. The Labute approximate surface area is 181 Å². The molecule has 6 heteroatoms. The average molecular weight is 415 g/mol. The molecule has 2 N–H and O–H groups in total. The molecule has 0 fully saturated rings. The number of benzene rings is 2. The van der Waals surface area contributed by atoms with Crippen molar-refractivity contribution in [3.8, 4) is 0 Å². The molecule has 0 saturated carbocycles. The van der Waals surface area contributed by atoms with Crippen LogP contribution in [0.2, 0.25) is 0 Å². The van der Waals surface area contributed by atoms with E-state index in [1.165, 1.54) is 18.5 Å². The van der Waals surface area contributed by atoms with E-state index in [4.69, 9.17) is 0 Å². The molecule has 0 spiro atoms. The monoisotopic (exact) mass is 415 g/mol. The number of aromatic nitrogens is 1. The maximum absolute atomic E-state index is 12.9. The number of nitrogens with zero attached hydrogens (tertiary/aromatic N) is 1. The van der Waals surface area contributed by atoms with Gasteiger partial charge in [-0.3, -0.25) is 14.4 Å². The van der Waals surface area contributed by atoms with E-state index < -0.39 is 17.2 Å². The lowest BCUT2D eigenvalue weighted by Gasteiger charge is -2.13. The van der Waals surface area contributed by atoms with E-state index >= 15 is 0 Å². The van der Waals surface area contributed by atoms with Gasteiger partial charge in [0.25, 0.3) is 11.8 Å². The predicted octanol–water partition coefficient (Wildman–Crippen LogP) is 3.05. The van der Waals surface area contributed by atoms with E-state index in [0.717, 1.165) is 16.7 Å². The van der Waals surface area contributed by atoms with E-state index in [2.05, 4.69) is 17.2 Å². The third-order valence-electron chi connectivity index (χ3n) is 4.72. The van der Waals surface area contributed by atoms with Gasteiger partial charge in [0.1, 0.15) is 11.1 Å². The Hall–Kier alpha value is -3.93. The number of nitrogens with one attached hydrogen (secondary N) is 2. The summed E-state index contributed by atoms with van der Waals surface area (Å²) in [6, 6.07) is 17.4. The zero-order valence-corrected chi connectivity index (χ0v) is 17.4. The van der Waals surface area contributed by atoms with Gasteiger partial charge in [-0.15, -0.1) is 6.58 Å². The zero-order valence-electron chi connectivity index (χ0n) is 17.4. The fourth-order valence-corrected chi connectivity index (χ4v) is 3.20. The summed E-state index contributed by atoms with van der Waals surface area (Å²) in [5.74, 6) is -1.06. The minimum atomic E-state index is -0.604. The summed E-state index contributed by atoms with van der Waals surface area (Å²) in [7, 11) is 0. The number of hydrogen-bond donors (Lipinski definition) is 2. The van der Waals surface area contributed by atoms with Crippen LogP contribution < -0.4 is 16.1 Å². The fraction of sp³-hybridized carbons (Fsp3) is 0.160. The van der Waals surface area contributed by atoms with Crippen molar-refractivity contribution in [3.05, 3.63) is 118 Å². The highest BCUT2D eigenvalue weighted by molar-refractivity contribution is 5.99.